The third kappa shape index (κ3) is 6.45. The van der Waals surface area contributed by atoms with Gasteiger partial charge in [-0.2, -0.15) is 0 Å². The van der Waals surface area contributed by atoms with Gasteiger partial charge in [0.05, 0.1) is 0 Å². The Balaban J connectivity index is 0.00000264. The Morgan fingerprint density at radius 2 is 1.96 bits per heavy atom. The van der Waals surface area contributed by atoms with E-state index in [1.54, 1.807) is 19.0 Å². The van der Waals surface area contributed by atoms with Crippen LogP contribution in [0.5, 0.6) is 0 Å². The first kappa shape index (κ1) is 20.5. The number of likely N-dealkylation sites (tertiary alicyclic amines) is 1. The maximum absolute atomic E-state index is 11.7. The van der Waals surface area contributed by atoms with Crippen molar-refractivity contribution in [1.29, 1.82) is 0 Å². The molecule has 2 unspecified atom stereocenters. The van der Waals surface area contributed by atoms with Gasteiger partial charge in [-0.25, -0.2) is 4.99 Å². The molecule has 1 aliphatic carbocycles. The second-order valence-corrected chi connectivity index (χ2v) is 7.17. The van der Waals surface area contributed by atoms with Crippen LogP contribution in [-0.2, 0) is 4.79 Å². The fourth-order valence-corrected chi connectivity index (χ4v) is 2.80. The maximum atomic E-state index is 11.7. The molecule has 2 atom stereocenters. The summed E-state index contributed by atoms with van der Waals surface area (Å²) in [6, 6.07) is 1.50. The SMILES string of the molecule is CC(C)NC(=NCC(=O)N(C)C)NC1CN(C2CC2)CC1C.I. The number of amides is 1. The number of halogens is 1. The van der Waals surface area contributed by atoms with E-state index in [0.29, 0.717) is 12.0 Å². The van der Waals surface area contributed by atoms with E-state index < -0.39 is 0 Å². The molecule has 1 saturated carbocycles. The van der Waals surface area contributed by atoms with Crippen LogP contribution in [0.2, 0.25) is 0 Å². The highest BCUT2D eigenvalue weighted by Gasteiger charge is 2.38. The number of hydrogen-bond acceptors (Lipinski definition) is 3. The molecule has 2 aliphatic rings. The number of nitrogens with one attached hydrogen (secondary N) is 2. The van der Waals surface area contributed by atoms with Gasteiger partial charge in [-0.05, 0) is 32.6 Å². The van der Waals surface area contributed by atoms with Gasteiger partial charge < -0.3 is 15.5 Å². The highest BCUT2D eigenvalue weighted by atomic mass is 127. The van der Waals surface area contributed by atoms with Crippen LogP contribution < -0.4 is 10.6 Å². The number of carbonyl (C=O) groups is 1. The normalized spacial score (nSPS) is 25.2. The molecule has 23 heavy (non-hydrogen) atoms. The molecule has 6 nitrogen and oxygen atoms in total. The number of hydrogen-bond donors (Lipinski definition) is 2. The van der Waals surface area contributed by atoms with Gasteiger partial charge in [-0.3, -0.25) is 9.69 Å². The molecule has 1 saturated heterocycles. The molecular weight excluding hydrogens is 405 g/mol. The van der Waals surface area contributed by atoms with Crippen LogP contribution in [0.4, 0.5) is 0 Å². The molecule has 1 aliphatic heterocycles. The minimum absolute atomic E-state index is 0. The van der Waals surface area contributed by atoms with Gasteiger partial charge in [-0.15, -0.1) is 24.0 Å². The molecule has 0 aromatic rings. The summed E-state index contributed by atoms with van der Waals surface area (Å²) in [6.45, 7) is 8.87. The molecule has 7 heteroatoms. The lowest BCUT2D eigenvalue weighted by molar-refractivity contribution is -0.127. The van der Waals surface area contributed by atoms with Crippen molar-refractivity contribution in [2.24, 2.45) is 10.9 Å². The Morgan fingerprint density at radius 3 is 2.48 bits per heavy atom. The topological polar surface area (TPSA) is 60.0 Å². The molecule has 2 rings (SSSR count). The van der Waals surface area contributed by atoms with Gasteiger partial charge in [-0.1, -0.05) is 6.92 Å². The predicted octanol–water partition coefficient (Wildman–Crippen LogP) is 1.12. The summed E-state index contributed by atoms with van der Waals surface area (Å²) in [4.78, 5) is 20.3. The highest BCUT2D eigenvalue weighted by Crippen LogP contribution is 2.31. The molecule has 134 valence electrons. The Bertz CT molecular complexity index is 423. The molecular formula is C16H32IN5O. The van der Waals surface area contributed by atoms with Gasteiger partial charge in [0, 0.05) is 45.3 Å². The fraction of sp³-hybridized carbons (Fsp3) is 0.875. The third-order valence-electron chi connectivity index (χ3n) is 4.32. The van der Waals surface area contributed by atoms with Crippen molar-refractivity contribution in [3.8, 4) is 0 Å². The number of rotatable bonds is 5. The standard InChI is InChI=1S/C16H31N5O.HI/c1-11(2)18-16(17-8-15(22)20(4)5)19-14-10-21(9-12(14)3)13-6-7-13;/h11-14H,6-10H2,1-5H3,(H2,17,18,19);1H. The van der Waals surface area contributed by atoms with Crippen LogP contribution in [0.3, 0.4) is 0 Å². The first-order valence-corrected chi connectivity index (χ1v) is 8.38. The summed E-state index contributed by atoms with van der Waals surface area (Å²) in [5.41, 5.74) is 0. The van der Waals surface area contributed by atoms with E-state index in [1.165, 1.54) is 12.8 Å². The second kappa shape index (κ2) is 9.05. The van der Waals surface area contributed by atoms with E-state index in [2.05, 4.69) is 41.3 Å². The summed E-state index contributed by atoms with van der Waals surface area (Å²) in [7, 11) is 3.51. The zero-order valence-electron chi connectivity index (χ0n) is 15.0. The van der Waals surface area contributed by atoms with Crippen molar-refractivity contribution in [2.45, 2.75) is 51.7 Å². The van der Waals surface area contributed by atoms with Crippen LogP contribution in [0.1, 0.15) is 33.6 Å². The smallest absolute Gasteiger partial charge is 0.243 e. The number of carbonyl (C=O) groups excluding carboxylic acids is 1. The summed E-state index contributed by atoms with van der Waals surface area (Å²) < 4.78 is 0. The summed E-state index contributed by atoms with van der Waals surface area (Å²) >= 11 is 0. The number of nitrogens with zero attached hydrogens (tertiary/aromatic N) is 3. The quantitative estimate of drug-likeness (QED) is 0.385. The van der Waals surface area contributed by atoms with Gasteiger partial charge >= 0.3 is 0 Å². The molecule has 1 heterocycles. The minimum Gasteiger partial charge on any atom is -0.354 e. The average Bonchev–Trinajstić information content (AvgIpc) is 3.21. The maximum Gasteiger partial charge on any atom is 0.243 e. The number of aliphatic imine (C=N–C) groups is 1. The summed E-state index contributed by atoms with van der Waals surface area (Å²) in [5.74, 6) is 1.37. The highest BCUT2D eigenvalue weighted by molar-refractivity contribution is 14.0. The van der Waals surface area contributed by atoms with Crippen molar-refractivity contribution >= 4 is 35.8 Å². The molecule has 0 spiro atoms. The lowest BCUT2D eigenvalue weighted by Crippen LogP contribution is -2.49. The van der Waals surface area contributed by atoms with E-state index in [1.807, 2.05) is 0 Å². The largest absolute Gasteiger partial charge is 0.354 e. The minimum atomic E-state index is 0. The zero-order chi connectivity index (χ0) is 16.3. The number of guanidine groups is 1. The van der Waals surface area contributed by atoms with Gasteiger partial charge in [0.1, 0.15) is 6.54 Å². The van der Waals surface area contributed by atoms with Gasteiger partial charge in [0.15, 0.2) is 5.96 Å². The molecule has 0 aromatic heterocycles. The molecule has 0 aromatic carbocycles. The third-order valence-corrected chi connectivity index (χ3v) is 4.32. The monoisotopic (exact) mass is 437 g/mol. The molecule has 1 amide bonds. The first-order valence-electron chi connectivity index (χ1n) is 8.38. The fourth-order valence-electron chi connectivity index (χ4n) is 2.80. The van der Waals surface area contributed by atoms with Crippen LogP contribution in [0, 0.1) is 5.92 Å². The Kier molecular flexibility index (Phi) is 8.06. The average molecular weight is 437 g/mol. The van der Waals surface area contributed by atoms with Crippen molar-refractivity contribution in [3.05, 3.63) is 0 Å². The summed E-state index contributed by atoms with van der Waals surface area (Å²) in [5, 5.41) is 6.86. The van der Waals surface area contributed by atoms with Crippen LogP contribution in [0.15, 0.2) is 4.99 Å². The van der Waals surface area contributed by atoms with Crippen LogP contribution in [0.25, 0.3) is 0 Å². The van der Waals surface area contributed by atoms with E-state index in [4.69, 9.17) is 0 Å². The van der Waals surface area contributed by atoms with Crippen molar-refractivity contribution in [2.75, 3.05) is 33.7 Å². The molecule has 0 radical (unpaired) electrons. The van der Waals surface area contributed by atoms with Crippen molar-refractivity contribution in [3.63, 3.8) is 0 Å². The lowest BCUT2D eigenvalue weighted by Gasteiger charge is -2.22. The van der Waals surface area contributed by atoms with E-state index in [-0.39, 0.29) is 42.5 Å². The van der Waals surface area contributed by atoms with Gasteiger partial charge in [0.2, 0.25) is 5.91 Å². The van der Waals surface area contributed by atoms with E-state index in [9.17, 15) is 4.79 Å². The van der Waals surface area contributed by atoms with E-state index in [0.717, 1.165) is 25.1 Å². The Labute approximate surface area is 157 Å². The number of likely N-dealkylation sites (N-methyl/N-ethyl adjacent to an activating group) is 1. The second-order valence-electron chi connectivity index (χ2n) is 7.17. The van der Waals surface area contributed by atoms with Crippen LogP contribution >= 0.6 is 24.0 Å². The summed E-state index contributed by atoms with van der Waals surface area (Å²) in [6.07, 6.45) is 2.70. The lowest BCUT2D eigenvalue weighted by atomic mass is 10.1. The zero-order valence-corrected chi connectivity index (χ0v) is 17.3. The van der Waals surface area contributed by atoms with Gasteiger partial charge in [0.25, 0.3) is 0 Å². The Hall–Kier alpha value is -0.570. The first-order chi connectivity index (χ1) is 10.4. The van der Waals surface area contributed by atoms with Crippen molar-refractivity contribution in [1.82, 2.24) is 20.4 Å². The van der Waals surface area contributed by atoms with Crippen molar-refractivity contribution < 1.29 is 4.79 Å². The van der Waals surface area contributed by atoms with Crippen LogP contribution in [-0.4, -0.2) is 73.5 Å². The Morgan fingerprint density at radius 1 is 1.30 bits per heavy atom. The molecule has 0 bridgehead atoms. The molecule has 2 N–H and O–H groups in total. The molecule has 2 fully saturated rings. The van der Waals surface area contributed by atoms with E-state index >= 15 is 0 Å². The predicted molar refractivity (Wildman–Crippen MR) is 105 cm³/mol.